The minimum absolute atomic E-state index is 0.208. The van der Waals surface area contributed by atoms with Gasteiger partial charge in [0.2, 0.25) is 17.4 Å². The molecule has 0 saturated heterocycles. The first-order valence-corrected chi connectivity index (χ1v) is 11.2. The van der Waals surface area contributed by atoms with Crippen LogP contribution in [0.15, 0.2) is 38.9 Å². The Balaban J connectivity index is 1.50. The van der Waals surface area contributed by atoms with Gasteiger partial charge in [0.05, 0.1) is 12.6 Å². The molecular formula is C20H22N8O2S. The summed E-state index contributed by atoms with van der Waals surface area (Å²) in [6, 6.07) is 8.59. The fourth-order valence-electron chi connectivity index (χ4n) is 3.30. The van der Waals surface area contributed by atoms with Crippen LogP contribution in [0.1, 0.15) is 29.9 Å². The Hall–Kier alpha value is -3.47. The maximum atomic E-state index is 11.5. The van der Waals surface area contributed by atoms with Gasteiger partial charge < -0.3 is 20.8 Å². The lowest BCUT2D eigenvalue weighted by molar-refractivity contribution is 0.454. The summed E-state index contributed by atoms with van der Waals surface area (Å²) < 4.78 is 1.76. The van der Waals surface area contributed by atoms with Gasteiger partial charge in [0.15, 0.2) is 5.82 Å². The number of nitrogens with one attached hydrogen (secondary N) is 4. The van der Waals surface area contributed by atoms with Crippen LogP contribution in [0.2, 0.25) is 0 Å². The monoisotopic (exact) mass is 438 g/mol. The molecule has 1 aliphatic carbocycles. The van der Waals surface area contributed by atoms with E-state index >= 15 is 0 Å². The normalized spacial score (nSPS) is 17.1. The number of benzene rings is 1. The Morgan fingerprint density at radius 3 is 2.97 bits per heavy atom. The lowest BCUT2D eigenvalue weighted by Gasteiger charge is -2.09. The smallest absolute Gasteiger partial charge is 0.326 e. The quantitative estimate of drug-likeness (QED) is 0.368. The molecule has 2 aliphatic rings. The van der Waals surface area contributed by atoms with E-state index in [1.165, 1.54) is 4.90 Å². The van der Waals surface area contributed by atoms with Crippen molar-refractivity contribution >= 4 is 29.4 Å². The average molecular weight is 439 g/mol. The summed E-state index contributed by atoms with van der Waals surface area (Å²) in [7, 11) is 0. The van der Waals surface area contributed by atoms with Gasteiger partial charge in [-0.1, -0.05) is 12.1 Å². The molecule has 5 N–H and O–H groups in total. The van der Waals surface area contributed by atoms with Gasteiger partial charge in [0.25, 0.3) is 0 Å². The van der Waals surface area contributed by atoms with Gasteiger partial charge >= 0.3 is 5.69 Å². The Bertz CT molecular complexity index is 1280. The number of H-pyrrole nitrogens is 2. The minimum Gasteiger partial charge on any atom is -0.493 e. The van der Waals surface area contributed by atoms with E-state index in [2.05, 4.69) is 55.1 Å². The van der Waals surface area contributed by atoms with E-state index in [9.17, 15) is 9.90 Å². The molecule has 1 aromatic carbocycles. The Labute approximate surface area is 181 Å². The maximum Gasteiger partial charge on any atom is 0.326 e. The van der Waals surface area contributed by atoms with Gasteiger partial charge in [-0.15, -0.1) is 11.8 Å². The SMILES string of the molecule is CSc1cccc(CNc2nc3n(c(=NC4CC4)n2)NC/C3=C\c2[nH]c(=O)[nH]c2O)c1. The molecule has 2 aromatic heterocycles. The predicted molar refractivity (Wildman–Crippen MR) is 119 cm³/mol. The number of aromatic nitrogens is 5. The molecule has 0 radical (unpaired) electrons. The molecular weight excluding hydrogens is 416 g/mol. The fourth-order valence-corrected chi connectivity index (χ4v) is 3.78. The lowest BCUT2D eigenvalue weighted by Crippen LogP contribution is -2.32. The van der Waals surface area contributed by atoms with Crippen LogP contribution < -0.4 is 22.1 Å². The third-order valence-corrected chi connectivity index (χ3v) is 5.75. The summed E-state index contributed by atoms with van der Waals surface area (Å²) in [5, 5.41) is 13.2. The predicted octanol–water partition coefficient (Wildman–Crippen LogP) is 1.49. The van der Waals surface area contributed by atoms with E-state index in [1.807, 2.05) is 6.07 Å². The second-order valence-corrected chi connectivity index (χ2v) is 8.30. The number of aromatic amines is 2. The minimum atomic E-state index is -0.467. The number of imidazole rings is 1. The largest absolute Gasteiger partial charge is 0.493 e. The zero-order chi connectivity index (χ0) is 21.4. The fraction of sp³-hybridized carbons (Fsp3) is 0.300. The molecule has 3 heterocycles. The summed E-state index contributed by atoms with van der Waals surface area (Å²) in [5.74, 6) is 0.901. The van der Waals surface area contributed by atoms with Gasteiger partial charge in [0, 0.05) is 17.0 Å². The van der Waals surface area contributed by atoms with Gasteiger partial charge in [-0.05, 0) is 42.9 Å². The molecule has 10 nitrogen and oxygen atoms in total. The Morgan fingerprint density at radius 1 is 1.35 bits per heavy atom. The molecule has 1 saturated carbocycles. The van der Waals surface area contributed by atoms with E-state index in [1.54, 1.807) is 22.5 Å². The molecule has 5 rings (SSSR count). The second-order valence-electron chi connectivity index (χ2n) is 7.42. The molecule has 0 atom stereocenters. The van der Waals surface area contributed by atoms with Crippen molar-refractivity contribution < 1.29 is 5.11 Å². The number of aromatic hydroxyl groups is 1. The van der Waals surface area contributed by atoms with Gasteiger partial charge in [0.1, 0.15) is 5.69 Å². The van der Waals surface area contributed by atoms with E-state index in [0.29, 0.717) is 36.2 Å². The first-order valence-electron chi connectivity index (χ1n) is 9.97. The third kappa shape index (κ3) is 4.22. The number of rotatable bonds is 6. The summed E-state index contributed by atoms with van der Waals surface area (Å²) in [5.41, 5.74) is 5.56. The Morgan fingerprint density at radius 2 is 2.23 bits per heavy atom. The van der Waals surface area contributed by atoms with Crippen molar-refractivity contribution in [2.24, 2.45) is 4.99 Å². The average Bonchev–Trinajstić information content (AvgIpc) is 3.41. The van der Waals surface area contributed by atoms with E-state index in [0.717, 1.165) is 24.0 Å². The van der Waals surface area contributed by atoms with Crippen molar-refractivity contribution in [2.45, 2.75) is 30.3 Å². The molecule has 31 heavy (non-hydrogen) atoms. The van der Waals surface area contributed by atoms with Crippen molar-refractivity contribution in [1.29, 1.82) is 0 Å². The molecule has 3 aromatic rings. The summed E-state index contributed by atoms with van der Waals surface area (Å²) >= 11 is 1.70. The topological polar surface area (TPSA) is 136 Å². The lowest BCUT2D eigenvalue weighted by atomic mass is 10.2. The number of thioether (sulfide) groups is 1. The molecule has 0 unspecified atom stereocenters. The van der Waals surface area contributed by atoms with Crippen molar-refractivity contribution in [2.75, 3.05) is 23.5 Å². The maximum absolute atomic E-state index is 11.5. The zero-order valence-electron chi connectivity index (χ0n) is 16.8. The van der Waals surface area contributed by atoms with E-state index < -0.39 is 5.69 Å². The molecule has 0 spiro atoms. The van der Waals surface area contributed by atoms with Crippen LogP contribution in [0.3, 0.4) is 0 Å². The Kier molecular flexibility index (Phi) is 5.02. The van der Waals surface area contributed by atoms with Crippen LogP contribution in [-0.2, 0) is 6.54 Å². The van der Waals surface area contributed by atoms with Crippen molar-refractivity contribution in [3.8, 4) is 5.88 Å². The van der Waals surface area contributed by atoms with Gasteiger partial charge in [-0.25, -0.2) is 14.5 Å². The number of hydrogen-bond acceptors (Lipinski definition) is 8. The van der Waals surface area contributed by atoms with Crippen LogP contribution >= 0.6 is 11.8 Å². The highest BCUT2D eigenvalue weighted by atomic mass is 32.2. The molecule has 11 heteroatoms. The molecule has 160 valence electrons. The molecule has 0 bridgehead atoms. The number of nitrogens with zero attached hydrogens (tertiary/aromatic N) is 4. The summed E-state index contributed by atoms with van der Waals surface area (Å²) in [6.45, 7) is 1.05. The highest BCUT2D eigenvalue weighted by Gasteiger charge is 2.24. The standard InChI is InChI=1S/C20H22N8O2S/c1-31-14-4-2-3-11(7-14)9-21-18-25-16-12(8-15-17(29)26-20(30)24-15)10-22-28(16)19(27-18)23-13-5-6-13/h2-4,7-8,13,22,29H,5-6,9-10H2,1H3,(H,21,23,27)(H2,24,26,30)/b12-8+. The number of hydrogen-bond donors (Lipinski definition) is 5. The van der Waals surface area contributed by atoms with Gasteiger partial charge in [-0.3, -0.25) is 4.98 Å². The molecule has 1 fully saturated rings. The van der Waals surface area contributed by atoms with Crippen molar-refractivity contribution in [1.82, 2.24) is 24.6 Å². The first-order chi connectivity index (χ1) is 15.1. The van der Waals surface area contributed by atoms with Crippen LogP contribution in [0.25, 0.3) is 11.6 Å². The van der Waals surface area contributed by atoms with Crippen molar-refractivity contribution in [3.05, 3.63) is 57.4 Å². The summed E-state index contributed by atoms with van der Waals surface area (Å²) in [4.78, 5) is 31.5. The highest BCUT2D eigenvalue weighted by Crippen LogP contribution is 2.24. The third-order valence-electron chi connectivity index (χ3n) is 5.03. The second kappa shape index (κ2) is 7.99. The highest BCUT2D eigenvalue weighted by molar-refractivity contribution is 7.98. The molecule has 0 amide bonds. The van der Waals surface area contributed by atoms with Gasteiger partial charge in [-0.2, -0.15) is 9.97 Å². The van der Waals surface area contributed by atoms with Crippen LogP contribution in [0, 0.1) is 0 Å². The first kappa shape index (κ1) is 19.5. The van der Waals surface area contributed by atoms with Crippen LogP contribution in [0.5, 0.6) is 5.88 Å². The molecule has 1 aliphatic heterocycles. The van der Waals surface area contributed by atoms with E-state index in [-0.39, 0.29) is 11.9 Å². The van der Waals surface area contributed by atoms with E-state index in [4.69, 9.17) is 4.99 Å². The summed E-state index contributed by atoms with van der Waals surface area (Å²) in [6.07, 6.45) is 5.86. The van der Waals surface area contributed by atoms with Crippen LogP contribution in [0.4, 0.5) is 5.95 Å². The number of anilines is 1. The number of fused-ring (bicyclic) bond motifs is 1. The van der Waals surface area contributed by atoms with Crippen LogP contribution in [-0.4, -0.2) is 48.6 Å². The van der Waals surface area contributed by atoms with Crippen molar-refractivity contribution in [3.63, 3.8) is 0 Å². The zero-order valence-corrected chi connectivity index (χ0v) is 17.7.